The van der Waals surface area contributed by atoms with Crippen molar-refractivity contribution in [3.8, 4) is 0 Å². The second-order valence-electron chi connectivity index (χ2n) is 6.19. The molecule has 0 saturated heterocycles. The van der Waals surface area contributed by atoms with Gasteiger partial charge in [0.05, 0.1) is 10.9 Å². The molecule has 3 rings (SSSR count). The van der Waals surface area contributed by atoms with Gasteiger partial charge >= 0.3 is 6.03 Å². The summed E-state index contributed by atoms with van der Waals surface area (Å²) >= 11 is 0. The van der Waals surface area contributed by atoms with E-state index in [0.29, 0.717) is 11.4 Å². The summed E-state index contributed by atoms with van der Waals surface area (Å²) < 4.78 is 31.9. The van der Waals surface area contributed by atoms with Crippen molar-refractivity contribution in [2.24, 2.45) is 0 Å². The molecule has 3 aromatic rings. The number of carbonyl (C=O) groups is 1. The summed E-state index contributed by atoms with van der Waals surface area (Å²) in [6.45, 7) is 3.60. The van der Waals surface area contributed by atoms with E-state index in [1.807, 2.05) is 37.3 Å². The molecular formula is C19H21N3O4S. The Morgan fingerprint density at radius 2 is 1.85 bits per heavy atom. The summed E-state index contributed by atoms with van der Waals surface area (Å²) in [6.07, 6.45) is 0. The highest BCUT2D eigenvalue weighted by Crippen LogP contribution is 2.24. The first-order valence-corrected chi connectivity index (χ1v) is 9.88. The minimum atomic E-state index is -3.59. The Morgan fingerprint density at radius 1 is 1.11 bits per heavy atom. The molecule has 8 heteroatoms. The number of fused-ring (bicyclic) bond motifs is 1. The Morgan fingerprint density at radius 3 is 2.56 bits per heavy atom. The quantitative estimate of drug-likeness (QED) is 0.623. The van der Waals surface area contributed by atoms with Crippen LogP contribution >= 0.6 is 0 Å². The molecule has 27 heavy (non-hydrogen) atoms. The Balaban J connectivity index is 1.74. The molecule has 7 nitrogen and oxygen atoms in total. The molecular weight excluding hydrogens is 366 g/mol. The van der Waals surface area contributed by atoms with Crippen LogP contribution in [0.5, 0.6) is 0 Å². The molecule has 1 aromatic heterocycles. The van der Waals surface area contributed by atoms with Crippen LogP contribution in [0.1, 0.15) is 24.3 Å². The lowest BCUT2D eigenvalue weighted by Crippen LogP contribution is -2.31. The van der Waals surface area contributed by atoms with Gasteiger partial charge in [-0.1, -0.05) is 24.3 Å². The fourth-order valence-corrected chi connectivity index (χ4v) is 3.42. The third-order valence-electron chi connectivity index (χ3n) is 4.26. The molecule has 1 heterocycles. The van der Waals surface area contributed by atoms with Gasteiger partial charge in [-0.05, 0) is 50.7 Å². The van der Waals surface area contributed by atoms with E-state index in [-0.39, 0.29) is 10.9 Å². The third kappa shape index (κ3) is 4.12. The first-order chi connectivity index (χ1) is 12.8. The molecule has 1 unspecified atom stereocenters. The first kappa shape index (κ1) is 18.9. The molecule has 142 valence electrons. The molecule has 0 aliphatic carbocycles. The highest BCUT2D eigenvalue weighted by molar-refractivity contribution is 7.89. The smallest absolute Gasteiger partial charge is 0.319 e. The summed E-state index contributed by atoms with van der Waals surface area (Å²) in [6, 6.07) is 13.2. The minimum Gasteiger partial charge on any atom is -0.459 e. The summed E-state index contributed by atoms with van der Waals surface area (Å²) in [7, 11) is -2.25. The fourth-order valence-electron chi connectivity index (χ4n) is 2.66. The number of carbonyl (C=O) groups excluding carboxylic acids is 1. The number of aryl methyl sites for hydroxylation is 1. The molecule has 0 spiro atoms. The summed E-state index contributed by atoms with van der Waals surface area (Å²) in [5.41, 5.74) is 1.92. The average Bonchev–Trinajstić information content (AvgIpc) is 3.07. The molecule has 3 N–H and O–H groups in total. The van der Waals surface area contributed by atoms with Gasteiger partial charge in [0.1, 0.15) is 11.3 Å². The van der Waals surface area contributed by atoms with Gasteiger partial charge in [-0.15, -0.1) is 0 Å². The highest BCUT2D eigenvalue weighted by Gasteiger charge is 2.17. The first-order valence-electron chi connectivity index (χ1n) is 8.40. The molecule has 0 radical (unpaired) electrons. The number of hydrogen-bond donors (Lipinski definition) is 3. The van der Waals surface area contributed by atoms with Crippen molar-refractivity contribution in [2.45, 2.75) is 24.8 Å². The second-order valence-corrected chi connectivity index (χ2v) is 8.08. The van der Waals surface area contributed by atoms with Crippen LogP contribution in [0.2, 0.25) is 0 Å². The second kappa shape index (κ2) is 7.42. The topological polar surface area (TPSA) is 100 Å². The van der Waals surface area contributed by atoms with Crippen LogP contribution in [-0.2, 0) is 10.0 Å². The molecule has 0 fully saturated rings. The van der Waals surface area contributed by atoms with Gasteiger partial charge in [0.2, 0.25) is 10.0 Å². The van der Waals surface area contributed by atoms with Crippen LogP contribution in [-0.4, -0.2) is 21.5 Å². The lowest BCUT2D eigenvalue weighted by molar-refractivity contribution is 0.248. The summed E-state index contributed by atoms with van der Waals surface area (Å²) in [5.74, 6) is 0.634. The Hall–Kier alpha value is -2.84. The zero-order chi connectivity index (χ0) is 19.6. The van der Waals surface area contributed by atoms with Crippen LogP contribution in [0, 0.1) is 6.92 Å². The van der Waals surface area contributed by atoms with Gasteiger partial charge in [0, 0.05) is 11.1 Å². The number of amides is 2. The van der Waals surface area contributed by atoms with Crippen molar-refractivity contribution in [1.29, 1.82) is 0 Å². The zero-order valence-corrected chi connectivity index (χ0v) is 16.1. The third-order valence-corrected chi connectivity index (χ3v) is 5.67. The number of para-hydroxylation sites is 1. The molecule has 2 aromatic carbocycles. The van der Waals surface area contributed by atoms with Gasteiger partial charge in [0.15, 0.2) is 0 Å². The van der Waals surface area contributed by atoms with Crippen molar-refractivity contribution in [2.75, 3.05) is 12.4 Å². The van der Waals surface area contributed by atoms with Crippen molar-refractivity contribution < 1.29 is 17.6 Å². The van der Waals surface area contributed by atoms with E-state index in [4.69, 9.17) is 4.42 Å². The minimum absolute atomic E-state index is 0.0798. The van der Waals surface area contributed by atoms with Crippen molar-refractivity contribution >= 4 is 32.7 Å². The van der Waals surface area contributed by atoms with Crippen molar-refractivity contribution in [1.82, 2.24) is 10.0 Å². The normalized spacial score (nSPS) is 12.7. The summed E-state index contributed by atoms with van der Waals surface area (Å²) in [5, 5.41) is 6.45. The number of hydrogen-bond acceptors (Lipinski definition) is 4. The summed E-state index contributed by atoms with van der Waals surface area (Å²) in [4.78, 5) is 12.4. The van der Waals surface area contributed by atoms with Gasteiger partial charge in [-0.25, -0.2) is 17.9 Å². The van der Waals surface area contributed by atoms with E-state index in [1.165, 1.54) is 19.2 Å². The van der Waals surface area contributed by atoms with Crippen LogP contribution in [0.3, 0.4) is 0 Å². The van der Waals surface area contributed by atoms with E-state index in [2.05, 4.69) is 15.4 Å². The number of benzene rings is 2. The molecule has 0 aliphatic rings. The van der Waals surface area contributed by atoms with E-state index in [9.17, 15) is 13.2 Å². The maximum Gasteiger partial charge on any atom is 0.319 e. The molecule has 2 amide bonds. The number of anilines is 1. The van der Waals surface area contributed by atoms with E-state index in [1.54, 1.807) is 13.0 Å². The number of rotatable bonds is 5. The molecule has 0 saturated carbocycles. The van der Waals surface area contributed by atoms with Crippen LogP contribution in [0.25, 0.3) is 11.0 Å². The monoisotopic (exact) mass is 387 g/mol. The molecule has 0 bridgehead atoms. The van der Waals surface area contributed by atoms with Crippen LogP contribution in [0.15, 0.2) is 57.8 Å². The zero-order valence-electron chi connectivity index (χ0n) is 15.2. The van der Waals surface area contributed by atoms with Crippen LogP contribution < -0.4 is 15.4 Å². The van der Waals surface area contributed by atoms with Crippen LogP contribution in [0.4, 0.5) is 10.5 Å². The predicted molar refractivity (Wildman–Crippen MR) is 104 cm³/mol. The van der Waals surface area contributed by atoms with Gasteiger partial charge < -0.3 is 15.1 Å². The fraction of sp³-hybridized carbons (Fsp3) is 0.211. The lowest BCUT2D eigenvalue weighted by atomic mass is 10.2. The Kier molecular flexibility index (Phi) is 5.20. The van der Waals surface area contributed by atoms with Crippen molar-refractivity contribution in [3.63, 3.8) is 0 Å². The van der Waals surface area contributed by atoms with E-state index < -0.39 is 16.1 Å². The van der Waals surface area contributed by atoms with E-state index in [0.717, 1.165) is 16.5 Å². The number of urea groups is 1. The average molecular weight is 387 g/mol. The number of furan rings is 1. The highest BCUT2D eigenvalue weighted by atomic mass is 32.2. The molecule has 1 atom stereocenters. The maximum atomic E-state index is 12.4. The number of sulfonamides is 1. The Labute approximate surface area is 157 Å². The van der Waals surface area contributed by atoms with Gasteiger partial charge in [0.25, 0.3) is 0 Å². The largest absolute Gasteiger partial charge is 0.459 e. The number of nitrogens with one attached hydrogen (secondary N) is 3. The standard InChI is InChI=1S/C19H21N3O4S/c1-12-8-9-15(27(24,25)20-3)11-16(12)22-19(23)21-13(2)18-10-14-6-4-5-7-17(14)26-18/h4-11,13,20H,1-3H3,(H2,21,22,23). The van der Waals surface area contributed by atoms with Gasteiger partial charge in [-0.3, -0.25) is 0 Å². The van der Waals surface area contributed by atoms with E-state index >= 15 is 0 Å². The van der Waals surface area contributed by atoms with Crippen molar-refractivity contribution in [3.05, 3.63) is 59.9 Å². The predicted octanol–water partition coefficient (Wildman–Crippen LogP) is 3.53. The Bertz CT molecular complexity index is 1060. The maximum absolute atomic E-state index is 12.4. The molecule has 0 aliphatic heterocycles. The lowest BCUT2D eigenvalue weighted by Gasteiger charge is -2.14. The van der Waals surface area contributed by atoms with Gasteiger partial charge in [-0.2, -0.15) is 0 Å². The SMILES string of the molecule is CNS(=O)(=O)c1ccc(C)c(NC(=O)NC(C)c2cc3ccccc3o2)c1.